The maximum Gasteiger partial charge on any atom is 0.135 e. The Morgan fingerprint density at radius 2 is 2.15 bits per heavy atom. The Morgan fingerprint density at radius 3 is 2.88 bits per heavy atom. The molecule has 1 aliphatic heterocycles. The van der Waals surface area contributed by atoms with E-state index in [-0.39, 0.29) is 5.92 Å². The molecule has 1 aliphatic rings. The van der Waals surface area contributed by atoms with Crippen molar-refractivity contribution in [2.24, 2.45) is 10.7 Å². The lowest BCUT2D eigenvalue weighted by molar-refractivity contribution is 0.376. The van der Waals surface area contributed by atoms with Crippen LogP contribution in [-0.4, -0.2) is 45.3 Å². The standard InChI is InChI=1S/C25H30N8/c1-3-27-15-20(13-26)22-11-21(8-10-29-22)31-24-12-23(18-5-4-9-28-14-18)32-25(33-24)19-7-6-17(2)30-16-19/h4-5,8-15,17,19,30H,3,6-7,16,26H2,1-2H3,(H,29,31,32,33)/t17-,19+/m0/s1. The number of nitrogens with two attached hydrogens (primary N) is 1. The molecule has 0 aliphatic carbocycles. The highest BCUT2D eigenvalue weighted by Crippen LogP contribution is 2.28. The van der Waals surface area contributed by atoms with Gasteiger partial charge in [0.1, 0.15) is 11.6 Å². The molecule has 0 radical (unpaired) electrons. The first-order valence-electron chi connectivity index (χ1n) is 11.3. The minimum absolute atomic E-state index is 0.267. The van der Waals surface area contributed by atoms with E-state index in [0.717, 1.165) is 59.2 Å². The molecule has 4 N–H and O–H groups in total. The van der Waals surface area contributed by atoms with Crippen LogP contribution < -0.4 is 16.4 Å². The fourth-order valence-electron chi connectivity index (χ4n) is 3.79. The third-order valence-electron chi connectivity index (χ3n) is 5.65. The predicted octanol–water partition coefficient (Wildman–Crippen LogP) is 3.92. The lowest BCUT2D eigenvalue weighted by Crippen LogP contribution is -2.36. The molecule has 0 bridgehead atoms. The van der Waals surface area contributed by atoms with Gasteiger partial charge in [-0.25, -0.2) is 9.97 Å². The molecule has 33 heavy (non-hydrogen) atoms. The smallest absolute Gasteiger partial charge is 0.135 e. The van der Waals surface area contributed by atoms with E-state index >= 15 is 0 Å². The molecule has 8 nitrogen and oxygen atoms in total. The summed E-state index contributed by atoms with van der Waals surface area (Å²) >= 11 is 0. The van der Waals surface area contributed by atoms with Crippen LogP contribution in [0, 0.1) is 0 Å². The van der Waals surface area contributed by atoms with E-state index in [1.807, 2.05) is 43.5 Å². The molecule has 1 saturated heterocycles. The van der Waals surface area contributed by atoms with Crippen molar-refractivity contribution < 1.29 is 0 Å². The molecule has 1 fully saturated rings. The molecule has 2 atom stereocenters. The summed E-state index contributed by atoms with van der Waals surface area (Å²) in [7, 11) is 0. The summed E-state index contributed by atoms with van der Waals surface area (Å²) in [5, 5.41) is 6.98. The lowest BCUT2D eigenvalue weighted by Gasteiger charge is -2.27. The van der Waals surface area contributed by atoms with Crippen molar-refractivity contribution in [2.75, 3.05) is 18.4 Å². The number of anilines is 2. The Kier molecular flexibility index (Phi) is 7.36. The van der Waals surface area contributed by atoms with Gasteiger partial charge < -0.3 is 16.4 Å². The fraction of sp³-hybridized carbons (Fsp3) is 0.320. The number of rotatable bonds is 7. The molecule has 4 heterocycles. The van der Waals surface area contributed by atoms with Gasteiger partial charge in [0.05, 0.1) is 11.4 Å². The third-order valence-corrected chi connectivity index (χ3v) is 5.65. The van der Waals surface area contributed by atoms with Crippen molar-refractivity contribution in [1.82, 2.24) is 25.3 Å². The maximum atomic E-state index is 5.80. The van der Waals surface area contributed by atoms with Crippen molar-refractivity contribution in [3.63, 3.8) is 0 Å². The number of pyridine rings is 2. The third kappa shape index (κ3) is 5.78. The van der Waals surface area contributed by atoms with Gasteiger partial charge in [0.25, 0.3) is 0 Å². The molecule has 0 saturated carbocycles. The molecule has 0 spiro atoms. The van der Waals surface area contributed by atoms with E-state index in [1.54, 1.807) is 18.6 Å². The van der Waals surface area contributed by atoms with Gasteiger partial charge in [0.15, 0.2) is 0 Å². The van der Waals surface area contributed by atoms with Crippen molar-refractivity contribution in [2.45, 2.75) is 38.6 Å². The summed E-state index contributed by atoms with van der Waals surface area (Å²) in [5.41, 5.74) is 9.98. The van der Waals surface area contributed by atoms with Crippen molar-refractivity contribution in [3.05, 3.63) is 66.6 Å². The van der Waals surface area contributed by atoms with Crippen LogP contribution in [0.1, 0.15) is 44.1 Å². The number of aromatic nitrogens is 4. The fourth-order valence-corrected chi connectivity index (χ4v) is 3.79. The Labute approximate surface area is 194 Å². The summed E-state index contributed by atoms with van der Waals surface area (Å²) in [6.45, 7) is 5.75. The molecule has 4 rings (SSSR count). The normalized spacial score (nSPS) is 19.0. The summed E-state index contributed by atoms with van der Waals surface area (Å²) < 4.78 is 0. The molecule has 0 amide bonds. The summed E-state index contributed by atoms with van der Waals surface area (Å²) in [6, 6.07) is 10.3. The first kappa shape index (κ1) is 22.5. The molecular formula is C25H30N8. The van der Waals surface area contributed by atoms with Gasteiger partial charge in [0, 0.05) is 78.9 Å². The minimum atomic E-state index is 0.267. The Balaban J connectivity index is 1.66. The largest absolute Gasteiger partial charge is 0.404 e. The maximum absolute atomic E-state index is 5.80. The van der Waals surface area contributed by atoms with Crippen LogP contribution in [-0.2, 0) is 0 Å². The second-order valence-corrected chi connectivity index (χ2v) is 8.13. The molecule has 170 valence electrons. The van der Waals surface area contributed by atoms with Crippen molar-refractivity contribution >= 4 is 23.3 Å². The molecule has 8 heteroatoms. The van der Waals surface area contributed by atoms with Crippen LogP contribution >= 0.6 is 0 Å². The number of hydrogen-bond donors (Lipinski definition) is 3. The summed E-state index contributed by atoms with van der Waals surface area (Å²) in [6.07, 6.45) is 10.8. The zero-order chi connectivity index (χ0) is 23.0. The van der Waals surface area contributed by atoms with Crippen LogP contribution in [0.2, 0.25) is 0 Å². The van der Waals surface area contributed by atoms with Gasteiger partial charge in [-0.15, -0.1) is 0 Å². The Hall–Kier alpha value is -3.65. The van der Waals surface area contributed by atoms with Crippen molar-refractivity contribution in [3.8, 4) is 11.3 Å². The second-order valence-electron chi connectivity index (χ2n) is 8.13. The van der Waals surface area contributed by atoms with E-state index in [0.29, 0.717) is 12.6 Å². The van der Waals surface area contributed by atoms with Gasteiger partial charge in [-0.05, 0) is 51.0 Å². The van der Waals surface area contributed by atoms with E-state index in [2.05, 4.69) is 32.5 Å². The minimum Gasteiger partial charge on any atom is -0.404 e. The average molecular weight is 443 g/mol. The second kappa shape index (κ2) is 10.8. The topological polar surface area (TPSA) is 114 Å². The molecule has 3 aromatic rings. The van der Waals surface area contributed by atoms with Crippen LogP contribution in [0.4, 0.5) is 11.5 Å². The zero-order valence-corrected chi connectivity index (χ0v) is 19.1. The molecular weight excluding hydrogens is 412 g/mol. The average Bonchev–Trinajstić information content (AvgIpc) is 2.85. The lowest BCUT2D eigenvalue weighted by atomic mass is 9.94. The van der Waals surface area contributed by atoms with Gasteiger partial charge >= 0.3 is 0 Å². The Bertz CT molecular complexity index is 1120. The van der Waals surface area contributed by atoms with E-state index < -0.39 is 0 Å². The highest BCUT2D eigenvalue weighted by atomic mass is 15.1. The monoisotopic (exact) mass is 442 g/mol. The van der Waals surface area contributed by atoms with Crippen LogP contribution in [0.3, 0.4) is 0 Å². The van der Waals surface area contributed by atoms with Crippen LogP contribution in [0.5, 0.6) is 0 Å². The highest BCUT2D eigenvalue weighted by molar-refractivity contribution is 6.09. The first-order chi connectivity index (χ1) is 16.2. The molecule has 0 aromatic carbocycles. The Morgan fingerprint density at radius 1 is 1.24 bits per heavy atom. The van der Waals surface area contributed by atoms with Gasteiger partial charge in [0.2, 0.25) is 0 Å². The summed E-state index contributed by atoms with van der Waals surface area (Å²) in [5.74, 6) is 1.84. The quantitative estimate of drug-likeness (QED) is 0.475. The van der Waals surface area contributed by atoms with Gasteiger partial charge in [-0.3, -0.25) is 15.0 Å². The van der Waals surface area contributed by atoms with Gasteiger partial charge in [-0.2, -0.15) is 0 Å². The van der Waals surface area contributed by atoms with E-state index in [4.69, 9.17) is 15.7 Å². The molecule has 0 unspecified atom stereocenters. The van der Waals surface area contributed by atoms with E-state index in [9.17, 15) is 0 Å². The van der Waals surface area contributed by atoms with Crippen LogP contribution in [0.15, 0.2) is 60.1 Å². The zero-order valence-electron chi connectivity index (χ0n) is 19.1. The number of hydrogen-bond acceptors (Lipinski definition) is 8. The number of nitrogens with one attached hydrogen (secondary N) is 2. The molecule has 3 aromatic heterocycles. The number of allylic oxidation sites excluding steroid dienone is 1. The number of piperidine rings is 1. The van der Waals surface area contributed by atoms with Crippen LogP contribution in [0.25, 0.3) is 16.8 Å². The number of aliphatic imine (C=N–C) groups is 1. The predicted molar refractivity (Wildman–Crippen MR) is 133 cm³/mol. The summed E-state index contributed by atoms with van der Waals surface area (Å²) in [4.78, 5) is 22.8. The van der Waals surface area contributed by atoms with E-state index in [1.165, 1.54) is 6.20 Å². The highest BCUT2D eigenvalue weighted by Gasteiger charge is 2.22. The van der Waals surface area contributed by atoms with Crippen molar-refractivity contribution in [1.29, 1.82) is 0 Å². The van der Waals surface area contributed by atoms with Gasteiger partial charge in [-0.1, -0.05) is 0 Å². The number of nitrogens with zero attached hydrogens (tertiary/aromatic N) is 5. The first-order valence-corrected chi connectivity index (χ1v) is 11.3. The SMILES string of the molecule is CCN=CC(=CN)c1cc(Nc2cc(-c3cccnc3)nc([C@@H]3CC[C@H](C)NC3)n2)ccn1.